The largest absolute Gasteiger partial charge is 0.497 e. The zero-order chi connectivity index (χ0) is 25.2. The van der Waals surface area contributed by atoms with E-state index in [4.69, 9.17) is 16.3 Å². The van der Waals surface area contributed by atoms with Gasteiger partial charge in [0.15, 0.2) is 0 Å². The number of piperazine rings is 1. The number of carbonyl (C=O) groups is 1. The third-order valence-electron chi connectivity index (χ3n) is 5.85. The second-order valence-electron chi connectivity index (χ2n) is 8.24. The zero-order valence-electron chi connectivity index (χ0n) is 19.3. The second kappa shape index (κ2) is 10.2. The van der Waals surface area contributed by atoms with Gasteiger partial charge in [0, 0.05) is 50.0 Å². The van der Waals surface area contributed by atoms with E-state index >= 15 is 0 Å². The Morgan fingerprint density at radius 1 is 1.14 bits per heavy atom. The molecule has 12 heteroatoms. The van der Waals surface area contributed by atoms with E-state index in [0.717, 1.165) is 11.3 Å². The molecular formula is C24H22ClFN6O3S. The number of ether oxygens (including phenoxy) is 1. The van der Waals surface area contributed by atoms with Gasteiger partial charge in [-0.1, -0.05) is 22.9 Å². The molecule has 0 saturated carbocycles. The summed E-state index contributed by atoms with van der Waals surface area (Å²) in [5.41, 5.74) is 1.74. The van der Waals surface area contributed by atoms with Crippen LogP contribution in [-0.4, -0.2) is 63.7 Å². The molecule has 0 atom stereocenters. The molecule has 4 aromatic rings. The van der Waals surface area contributed by atoms with E-state index in [9.17, 15) is 14.0 Å². The van der Waals surface area contributed by atoms with Crippen LogP contribution in [0.4, 0.5) is 14.9 Å². The van der Waals surface area contributed by atoms with Gasteiger partial charge in [0.1, 0.15) is 16.6 Å². The average molecular weight is 529 g/mol. The molecule has 2 amide bonds. The van der Waals surface area contributed by atoms with Crippen molar-refractivity contribution in [3.8, 4) is 16.3 Å². The van der Waals surface area contributed by atoms with Crippen LogP contribution in [0.5, 0.6) is 5.75 Å². The minimum Gasteiger partial charge on any atom is -0.497 e. The number of aromatic nitrogens is 3. The number of nitrogens with one attached hydrogen (secondary N) is 1. The molecule has 0 aliphatic carbocycles. The Bertz CT molecular complexity index is 1470. The number of methoxy groups -OCH3 is 1. The lowest BCUT2D eigenvalue weighted by Gasteiger charge is -2.34. The number of urea groups is 1. The van der Waals surface area contributed by atoms with Gasteiger partial charge in [-0.05, 0) is 42.5 Å². The lowest BCUT2D eigenvalue weighted by Crippen LogP contribution is -2.49. The first-order chi connectivity index (χ1) is 17.4. The van der Waals surface area contributed by atoms with Crippen molar-refractivity contribution >= 4 is 39.6 Å². The summed E-state index contributed by atoms with van der Waals surface area (Å²) in [7, 11) is 1.61. The quantitative estimate of drug-likeness (QED) is 0.421. The SMILES string of the molecule is COc1ccc(-c2nn3c(=O)cc(CN4CCN(C(=O)Nc5ccc(F)c(Cl)c5)CC4)nc3s2)cc1. The number of carbonyl (C=O) groups excluding carboxylic acids is 1. The summed E-state index contributed by atoms with van der Waals surface area (Å²) in [5.74, 6) is 0.208. The highest BCUT2D eigenvalue weighted by atomic mass is 35.5. The fourth-order valence-corrected chi connectivity index (χ4v) is 5.01. The molecule has 2 aromatic heterocycles. The van der Waals surface area contributed by atoms with E-state index in [1.807, 2.05) is 24.3 Å². The Hall–Kier alpha value is -3.54. The number of halogens is 2. The summed E-state index contributed by atoms with van der Waals surface area (Å²) in [5, 5.41) is 7.82. The van der Waals surface area contributed by atoms with Crippen molar-refractivity contribution in [3.05, 3.63) is 75.4 Å². The molecule has 2 aromatic carbocycles. The molecule has 36 heavy (non-hydrogen) atoms. The summed E-state index contributed by atoms with van der Waals surface area (Å²) in [6, 6.07) is 12.8. The Morgan fingerprint density at radius 3 is 2.58 bits per heavy atom. The van der Waals surface area contributed by atoms with Gasteiger partial charge in [0.25, 0.3) is 5.56 Å². The van der Waals surface area contributed by atoms with Crippen LogP contribution in [0.25, 0.3) is 15.5 Å². The number of amides is 2. The first kappa shape index (κ1) is 24.2. The van der Waals surface area contributed by atoms with Crippen molar-refractivity contribution < 1.29 is 13.9 Å². The lowest BCUT2D eigenvalue weighted by atomic mass is 10.2. The Morgan fingerprint density at radius 2 is 1.89 bits per heavy atom. The molecule has 0 unspecified atom stereocenters. The highest BCUT2D eigenvalue weighted by Gasteiger charge is 2.22. The highest BCUT2D eigenvalue weighted by molar-refractivity contribution is 7.19. The first-order valence-electron chi connectivity index (χ1n) is 11.2. The molecule has 1 N–H and O–H groups in total. The predicted octanol–water partition coefficient (Wildman–Crippen LogP) is 3.97. The van der Waals surface area contributed by atoms with E-state index in [-0.39, 0.29) is 16.6 Å². The molecule has 1 fully saturated rings. The van der Waals surface area contributed by atoms with Gasteiger partial charge >= 0.3 is 6.03 Å². The molecule has 0 radical (unpaired) electrons. The summed E-state index contributed by atoms with van der Waals surface area (Å²) in [4.78, 5) is 34.3. The average Bonchev–Trinajstić information content (AvgIpc) is 3.31. The fourth-order valence-electron chi connectivity index (χ4n) is 3.90. The van der Waals surface area contributed by atoms with Crippen LogP contribution in [0.2, 0.25) is 5.02 Å². The highest BCUT2D eigenvalue weighted by Crippen LogP contribution is 2.26. The van der Waals surface area contributed by atoms with Gasteiger partial charge in [-0.15, -0.1) is 0 Å². The number of anilines is 1. The number of rotatable bonds is 5. The summed E-state index contributed by atoms with van der Waals surface area (Å²) < 4.78 is 19.8. The number of benzene rings is 2. The minimum absolute atomic E-state index is 0.0462. The van der Waals surface area contributed by atoms with Crippen LogP contribution >= 0.6 is 22.9 Å². The van der Waals surface area contributed by atoms with Crippen molar-refractivity contribution in [2.75, 3.05) is 38.6 Å². The van der Waals surface area contributed by atoms with Gasteiger partial charge in [-0.3, -0.25) is 9.69 Å². The Balaban J connectivity index is 1.22. The van der Waals surface area contributed by atoms with Crippen molar-refractivity contribution in [2.45, 2.75) is 6.54 Å². The van der Waals surface area contributed by atoms with Crippen molar-refractivity contribution in [3.63, 3.8) is 0 Å². The molecule has 0 spiro atoms. The maximum absolute atomic E-state index is 13.3. The van der Waals surface area contributed by atoms with Crippen molar-refractivity contribution in [2.24, 2.45) is 0 Å². The molecule has 1 aliphatic rings. The standard InChI is InChI=1S/C24H22ClFN6O3S/c1-35-18-5-2-15(3-6-18)22-29-32-21(33)13-17(28-24(32)36-22)14-30-8-10-31(11-9-30)23(34)27-16-4-7-20(26)19(25)12-16/h2-7,12-13H,8-11,14H2,1H3,(H,27,34). The third-order valence-corrected chi connectivity index (χ3v) is 7.10. The van der Waals surface area contributed by atoms with Crippen molar-refractivity contribution in [1.82, 2.24) is 24.4 Å². The van der Waals surface area contributed by atoms with E-state index in [2.05, 4.69) is 20.3 Å². The van der Waals surface area contributed by atoms with Gasteiger partial charge < -0.3 is 15.0 Å². The fraction of sp³-hybridized carbons (Fsp3) is 0.250. The Kier molecular flexibility index (Phi) is 6.86. The van der Waals surface area contributed by atoms with Crippen molar-refractivity contribution in [1.29, 1.82) is 0 Å². The third kappa shape index (κ3) is 5.18. The van der Waals surface area contributed by atoms with E-state index in [0.29, 0.717) is 54.1 Å². The summed E-state index contributed by atoms with van der Waals surface area (Å²) >= 11 is 7.13. The zero-order valence-corrected chi connectivity index (χ0v) is 20.9. The molecule has 0 bridgehead atoms. The normalized spacial score (nSPS) is 14.2. The number of nitrogens with zero attached hydrogens (tertiary/aromatic N) is 5. The van der Waals surface area contributed by atoms with E-state index in [1.54, 1.807) is 12.0 Å². The van der Waals surface area contributed by atoms with Crippen LogP contribution in [0.3, 0.4) is 0 Å². The van der Waals surface area contributed by atoms with E-state index < -0.39 is 5.82 Å². The van der Waals surface area contributed by atoms with Crippen LogP contribution in [0, 0.1) is 5.82 Å². The molecule has 1 aliphatic heterocycles. The molecule has 3 heterocycles. The summed E-state index contributed by atoms with van der Waals surface area (Å²) in [6.45, 7) is 2.75. The van der Waals surface area contributed by atoms with E-state index in [1.165, 1.54) is 40.1 Å². The molecular weight excluding hydrogens is 507 g/mol. The lowest BCUT2D eigenvalue weighted by molar-refractivity contribution is 0.142. The monoisotopic (exact) mass is 528 g/mol. The smallest absolute Gasteiger partial charge is 0.321 e. The number of fused-ring (bicyclic) bond motifs is 1. The minimum atomic E-state index is -0.537. The Labute approximate surface area is 214 Å². The maximum Gasteiger partial charge on any atom is 0.321 e. The second-order valence-corrected chi connectivity index (χ2v) is 9.60. The molecule has 5 rings (SSSR count). The summed E-state index contributed by atoms with van der Waals surface area (Å²) in [6.07, 6.45) is 0. The van der Waals surface area contributed by atoms with Crippen LogP contribution in [-0.2, 0) is 6.54 Å². The molecule has 1 saturated heterocycles. The maximum atomic E-state index is 13.3. The number of hydrogen-bond acceptors (Lipinski definition) is 7. The molecule has 9 nitrogen and oxygen atoms in total. The van der Waals surface area contributed by atoms with Gasteiger partial charge in [-0.25, -0.2) is 14.2 Å². The van der Waals surface area contributed by atoms with Gasteiger partial charge in [0.2, 0.25) is 4.96 Å². The topological polar surface area (TPSA) is 92.1 Å². The number of hydrogen-bond donors (Lipinski definition) is 1. The van der Waals surface area contributed by atoms with Crippen LogP contribution < -0.4 is 15.6 Å². The molecule has 186 valence electrons. The van der Waals surface area contributed by atoms with Crippen LogP contribution in [0.1, 0.15) is 5.69 Å². The van der Waals surface area contributed by atoms with Gasteiger partial charge in [0.05, 0.1) is 17.8 Å². The predicted molar refractivity (Wildman–Crippen MR) is 136 cm³/mol. The van der Waals surface area contributed by atoms with Crippen LogP contribution in [0.15, 0.2) is 53.3 Å². The first-order valence-corrected chi connectivity index (χ1v) is 12.4. The van der Waals surface area contributed by atoms with Gasteiger partial charge in [-0.2, -0.15) is 9.61 Å².